The minimum absolute atomic E-state index is 1.05. The molecule has 0 radical (unpaired) electrons. The number of likely N-dealkylation sites (tertiary alicyclic amines) is 1. The van der Waals surface area contributed by atoms with Crippen molar-refractivity contribution >= 4 is 11.3 Å². The van der Waals surface area contributed by atoms with Crippen LogP contribution in [-0.4, -0.2) is 42.6 Å². The second-order valence-electron chi connectivity index (χ2n) is 4.41. The molecule has 0 spiro atoms. The molecule has 0 aromatic carbocycles. The zero-order valence-corrected chi connectivity index (χ0v) is 10.9. The molecule has 0 unspecified atom stereocenters. The molecule has 1 aliphatic rings. The molecule has 2 rings (SSSR count). The number of aromatic nitrogens is 1. The van der Waals surface area contributed by atoms with Crippen LogP contribution in [0, 0.1) is 6.92 Å². The Kier molecular flexibility index (Phi) is 4.75. The summed E-state index contributed by atoms with van der Waals surface area (Å²) in [4.78, 5) is 7.00. The summed E-state index contributed by atoms with van der Waals surface area (Å²) in [7, 11) is 0. The molecule has 1 aliphatic heterocycles. The lowest BCUT2D eigenvalue weighted by molar-refractivity contribution is 0.336. The van der Waals surface area contributed by atoms with Crippen LogP contribution in [-0.2, 0) is 6.42 Å². The fourth-order valence-electron chi connectivity index (χ4n) is 2.11. The van der Waals surface area contributed by atoms with Crippen molar-refractivity contribution in [3.05, 3.63) is 16.1 Å². The first-order valence-electron chi connectivity index (χ1n) is 6.19. The highest BCUT2D eigenvalue weighted by Crippen LogP contribution is 2.08. The maximum atomic E-state index is 4.45. The van der Waals surface area contributed by atoms with E-state index in [-0.39, 0.29) is 0 Å². The van der Waals surface area contributed by atoms with Crippen LogP contribution in [0.25, 0.3) is 0 Å². The number of nitrogens with one attached hydrogen (secondary N) is 1. The first-order chi connectivity index (χ1) is 7.84. The second kappa shape index (κ2) is 6.33. The molecule has 1 saturated heterocycles. The number of rotatable bonds is 6. The normalized spacial score (nSPS) is 17.1. The van der Waals surface area contributed by atoms with Crippen molar-refractivity contribution in [1.82, 2.24) is 15.2 Å². The molecule has 0 aliphatic carbocycles. The molecule has 1 aromatic heterocycles. The SMILES string of the molecule is Cc1nc(CCNCCN2CCCC2)cs1. The van der Waals surface area contributed by atoms with Crippen LogP contribution in [0.4, 0.5) is 0 Å². The number of thiazole rings is 1. The molecule has 1 fully saturated rings. The van der Waals surface area contributed by atoms with E-state index in [1.165, 1.54) is 43.2 Å². The quantitative estimate of drug-likeness (QED) is 0.766. The van der Waals surface area contributed by atoms with Gasteiger partial charge in [-0.1, -0.05) is 0 Å². The lowest BCUT2D eigenvalue weighted by atomic mass is 10.3. The molecule has 0 bridgehead atoms. The molecular formula is C12H21N3S. The summed E-state index contributed by atoms with van der Waals surface area (Å²) in [6, 6.07) is 0. The van der Waals surface area contributed by atoms with E-state index >= 15 is 0 Å². The molecular weight excluding hydrogens is 218 g/mol. The van der Waals surface area contributed by atoms with Crippen LogP contribution in [0.3, 0.4) is 0 Å². The minimum atomic E-state index is 1.05. The van der Waals surface area contributed by atoms with Gasteiger partial charge in [0.1, 0.15) is 0 Å². The smallest absolute Gasteiger partial charge is 0.0897 e. The third kappa shape index (κ3) is 3.85. The Balaban J connectivity index is 1.51. The van der Waals surface area contributed by atoms with Crippen molar-refractivity contribution in [3.8, 4) is 0 Å². The van der Waals surface area contributed by atoms with Gasteiger partial charge in [0.2, 0.25) is 0 Å². The Morgan fingerprint density at radius 1 is 1.38 bits per heavy atom. The molecule has 16 heavy (non-hydrogen) atoms. The molecule has 1 aromatic rings. The summed E-state index contributed by atoms with van der Waals surface area (Å²) in [5.74, 6) is 0. The van der Waals surface area contributed by atoms with Gasteiger partial charge in [-0.05, 0) is 32.9 Å². The molecule has 90 valence electrons. The van der Waals surface area contributed by atoms with E-state index in [1.807, 2.05) is 0 Å². The summed E-state index contributed by atoms with van der Waals surface area (Å²) in [5, 5.41) is 6.83. The van der Waals surface area contributed by atoms with Crippen LogP contribution >= 0.6 is 11.3 Å². The zero-order chi connectivity index (χ0) is 11.2. The molecule has 4 heteroatoms. The van der Waals surface area contributed by atoms with Crippen molar-refractivity contribution in [2.75, 3.05) is 32.7 Å². The van der Waals surface area contributed by atoms with Gasteiger partial charge >= 0.3 is 0 Å². The van der Waals surface area contributed by atoms with Crippen molar-refractivity contribution in [1.29, 1.82) is 0 Å². The second-order valence-corrected chi connectivity index (χ2v) is 5.47. The van der Waals surface area contributed by atoms with Gasteiger partial charge in [-0.25, -0.2) is 4.98 Å². The maximum absolute atomic E-state index is 4.45. The van der Waals surface area contributed by atoms with Crippen LogP contribution in [0.5, 0.6) is 0 Å². The summed E-state index contributed by atoms with van der Waals surface area (Å²) in [6.45, 7) is 8.03. The van der Waals surface area contributed by atoms with Gasteiger partial charge in [0.05, 0.1) is 10.7 Å². The van der Waals surface area contributed by atoms with Crippen molar-refractivity contribution in [2.45, 2.75) is 26.2 Å². The Morgan fingerprint density at radius 2 is 2.19 bits per heavy atom. The summed E-state index contributed by atoms with van der Waals surface area (Å²) >= 11 is 1.74. The van der Waals surface area contributed by atoms with Gasteiger partial charge in [0, 0.05) is 31.4 Å². The van der Waals surface area contributed by atoms with Gasteiger partial charge in [-0.15, -0.1) is 11.3 Å². The van der Waals surface area contributed by atoms with Crippen LogP contribution in [0.1, 0.15) is 23.5 Å². The Bertz CT molecular complexity index is 305. The van der Waals surface area contributed by atoms with E-state index in [1.54, 1.807) is 11.3 Å². The third-order valence-electron chi connectivity index (χ3n) is 3.03. The molecule has 0 amide bonds. The molecule has 2 heterocycles. The van der Waals surface area contributed by atoms with Gasteiger partial charge in [-0.2, -0.15) is 0 Å². The number of nitrogens with zero attached hydrogens (tertiary/aromatic N) is 2. The predicted molar refractivity (Wildman–Crippen MR) is 69.1 cm³/mol. The maximum Gasteiger partial charge on any atom is 0.0897 e. The third-order valence-corrected chi connectivity index (χ3v) is 3.85. The van der Waals surface area contributed by atoms with Crippen molar-refractivity contribution < 1.29 is 0 Å². The van der Waals surface area contributed by atoms with Crippen LogP contribution in [0.2, 0.25) is 0 Å². The molecule has 0 saturated carbocycles. The first kappa shape index (κ1) is 12.0. The monoisotopic (exact) mass is 239 g/mol. The van der Waals surface area contributed by atoms with E-state index in [0.29, 0.717) is 0 Å². The molecule has 0 atom stereocenters. The van der Waals surface area contributed by atoms with E-state index in [9.17, 15) is 0 Å². The summed E-state index contributed by atoms with van der Waals surface area (Å²) < 4.78 is 0. The zero-order valence-electron chi connectivity index (χ0n) is 10.0. The van der Waals surface area contributed by atoms with Crippen molar-refractivity contribution in [2.24, 2.45) is 0 Å². The highest BCUT2D eigenvalue weighted by atomic mass is 32.1. The topological polar surface area (TPSA) is 28.2 Å². The molecule has 1 N–H and O–H groups in total. The highest BCUT2D eigenvalue weighted by molar-refractivity contribution is 7.09. The predicted octanol–water partition coefficient (Wildman–Crippen LogP) is 1.68. The van der Waals surface area contributed by atoms with Crippen LogP contribution in [0.15, 0.2) is 5.38 Å². The fourth-order valence-corrected chi connectivity index (χ4v) is 2.76. The van der Waals surface area contributed by atoms with E-state index in [4.69, 9.17) is 0 Å². The Morgan fingerprint density at radius 3 is 2.88 bits per heavy atom. The summed E-state index contributed by atoms with van der Waals surface area (Å²) in [5.41, 5.74) is 1.23. The lowest BCUT2D eigenvalue weighted by Crippen LogP contribution is -2.30. The standard InChI is InChI=1S/C12H21N3S/c1-11-14-12(10-16-11)4-5-13-6-9-15-7-2-3-8-15/h10,13H,2-9H2,1H3. The van der Waals surface area contributed by atoms with Gasteiger partial charge in [-0.3, -0.25) is 0 Å². The van der Waals surface area contributed by atoms with E-state index in [2.05, 4.69) is 27.5 Å². The Labute approximate surface area is 102 Å². The van der Waals surface area contributed by atoms with Crippen LogP contribution < -0.4 is 5.32 Å². The number of hydrogen-bond donors (Lipinski definition) is 1. The average Bonchev–Trinajstić information content (AvgIpc) is 2.89. The lowest BCUT2D eigenvalue weighted by Gasteiger charge is -2.14. The number of aryl methyl sites for hydroxylation is 1. The Hall–Kier alpha value is -0.450. The van der Waals surface area contributed by atoms with Gasteiger partial charge < -0.3 is 10.2 Å². The van der Waals surface area contributed by atoms with E-state index in [0.717, 1.165) is 19.5 Å². The van der Waals surface area contributed by atoms with E-state index < -0.39 is 0 Å². The van der Waals surface area contributed by atoms with Crippen molar-refractivity contribution in [3.63, 3.8) is 0 Å². The highest BCUT2D eigenvalue weighted by Gasteiger charge is 2.09. The van der Waals surface area contributed by atoms with Gasteiger partial charge in [0.25, 0.3) is 0 Å². The largest absolute Gasteiger partial charge is 0.315 e. The average molecular weight is 239 g/mol. The first-order valence-corrected chi connectivity index (χ1v) is 7.06. The minimum Gasteiger partial charge on any atom is -0.315 e. The van der Waals surface area contributed by atoms with Gasteiger partial charge in [0.15, 0.2) is 0 Å². The summed E-state index contributed by atoms with van der Waals surface area (Å²) in [6.07, 6.45) is 3.83. The molecule has 3 nitrogen and oxygen atoms in total. The number of hydrogen-bond acceptors (Lipinski definition) is 4. The fraction of sp³-hybridized carbons (Fsp3) is 0.750.